The summed E-state index contributed by atoms with van der Waals surface area (Å²) >= 11 is 0. The smallest absolute Gasteiger partial charge is 0.416 e. The molecule has 6 heteroatoms. The molecule has 0 unspecified atom stereocenters. The van der Waals surface area contributed by atoms with Gasteiger partial charge in [0.2, 0.25) is 5.91 Å². The highest BCUT2D eigenvalue weighted by Crippen LogP contribution is 2.30. The van der Waals surface area contributed by atoms with E-state index in [0.29, 0.717) is 6.61 Å². The molecule has 25 heavy (non-hydrogen) atoms. The standard InChI is InChI=1S/C19H18F3NO2/c1-2-12-25-17-9-6-14(7-10-17)8-11-18(24)23-16-5-3-4-15(13-16)19(20,21)22/h3-11,13H,2,12H2,1H3,(H,23,24). The summed E-state index contributed by atoms with van der Waals surface area (Å²) in [6, 6.07) is 11.7. The average Bonchev–Trinajstić information content (AvgIpc) is 2.58. The van der Waals surface area contributed by atoms with Crippen molar-refractivity contribution in [3.8, 4) is 5.75 Å². The summed E-state index contributed by atoms with van der Waals surface area (Å²) in [5, 5.41) is 2.41. The third-order valence-corrected chi connectivity index (χ3v) is 3.24. The lowest BCUT2D eigenvalue weighted by Crippen LogP contribution is -2.10. The Morgan fingerprint density at radius 1 is 1.16 bits per heavy atom. The lowest BCUT2D eigenvalue weighted by molar-refractivity contribution is -0.137. The molecule has 1 amide bonds. The maximum absolute atomic E-state index is 12.6. The topological polar surface area (TPSA) is 38.3 Å². The molecule has 0 radical (unpaired) electrons. The van der Waals surface area contributed by atoms with Gasteiger partial charge in [-0.1, -0.05) is 25.1 Å². The van der Waals surface area contributed by atoms with Gasteiger partial charge < -0.3 is 10.1 Å². The van der Waals surface area contributed by atoms with Crippen LogP contribution in [0.15, 0.2) is 54.6 Å². The first-order valence-corrected chi connectivity index (χ1v) is 7.77. The fourth-order valence-corrected chi connectivity index (χ4v) is 2.02. The predicted octanol–water partition coefficient (Wildman–Crippen LogP) is 5.15. The molecule has 0 spiro atoms. The Bertz CT molecular complexity index is 737. The number of anilines is 1. The van der Waals surface area contributed by atoms with Crippen molar-refractivity contribution >= 4 is 17.7 Å². The Morgan fingerprint density at radius 3 is 2.52 bits per heavy atom. The van der Waals surface area contributed by atoms with Crippen molar-refractivity contribution < 1.29 is 22.7 Å². The summed E-state index contributed by atoms with van der Waals surface area (Å²) in [6.45, 7) is 2.65. The first-order valence-electron chi connectivity index (χ1n) is 7.77. The van der Waals surface area contributed by atoms with Gasteiger partial charge in [0.05, 0.1) is 12.2 Å². The molecule has 0 fully saturated rings. The van der Waals surface area contributed by atoms with Gasteiger partial charge in [-0.05, 0) is 48.4 Å². The Kier molecular flexibility index (Phi) is 6.22. The molecule has 0 aliphatic carbocycles. The van der Waals surface area contributed by atoms with E-state index in [0.717, 1.165) is 29.9 Å². The second-order valence-corrected chi connectivity index (χ2v) is 5.32. The Labute approximate surface area is 144 Å². The van der Waals surface area contributed by atoms with Crippen molar-refractivity contribution in [2.75, 3.05) is 11.9 Å². The number of carbonyl (C=O) groups is 1. The van der Waals surface area contributed by atoms with Gasteiger partial charge in [0.25, 0.3) is 0 Å². The van der Waals surface area contributed by atoms with Crippen LogP contribution in [-0.4, -0.2) is 12.5 Å². The van der Waals surface area contributed by atoms with Crippen molar-refractivity contribution in [1.29, 1.82) is 0 Å². The molecule has 0 saturated heterocycles. The monoisotopic (exact) mass is 349 g/mol. The van der Waals surface area contributed by atoms with Gasteiger partial charge in [0.15, 0.2) is 0 Å². The molecule has 0 aliphatic rings. The van der Waals surface area contributed by atoms with Crippen molar-refractivity contribution in [2.45, 2.75) is 19.5 Å². The number of hydrogen-bond acceptors (Lipinski definition) is 2. The minimum absolute atomic E-state index is 0.0905. The van der Waals surface area contributed by atoms with E-state index in [4.69, 9.17) is 4.74 Å². The van der Waals surface area contributed by atoms with Crippen LogP contribution < -0.4 is 10.1 Å². The molecule has 0 aromatic heterocycles. The van der Waals surface area contributed by atoms with Crippen molar-refractivity contribution in [3.05, 3.63) is 65.7 Å². The minimum Gasteiger partial charge on any atom is -0.494 e. The normalized spacial score (nSPS) is 11.5. The van der Waals surface area contributed by atoms with Crippen LogP contribution >= 0.6 is 0 Å². The Balaban J connectivity index is 1.97. The van der Waals surface area contributed by atoms with Gasteiger partial charge in [0.1, 0.15) is 5.75 Å². The molecule has 0 bridgehead atoms. The molecule has 2 aromatic rings. The summed E-state index contributed by atoms with van der Waals surface area (Å²) in [5.41, 5.74) is 0.0628. The van der Waals surface area contributed by atoms with Crippen LogP contribution in [-0.2, 0) is 11.0 Å². The third-order valence-electron chi connectivity index (χ3n) is 3.24. The van der Waals surface area contributed by atoms with Gasteiger partial charge in [-0.15, -0.1) is 0 Å². The van der Waals surface area contributed by atoms with Crippen LogP contribution in [0.25, 0.3) is 6.08 Å². The number of nitrogens with one attached hydrogen (secondary N) is 1. The number of halogens is 3. The zero-order chi connectivity index (χ0) is 18.3. The molecule has 2 rings (SSSR count). The zero-order valence-corrected chi connectivity index (χ0v) is 13.6. The highest BCUT2D eigenvalue weighted by molar-refractivity contribution is 6.01. The zero-order valence-electron chi connectivity index (χ0n) is 13.6. The fraction of sp³-hybridized carbons (Fsp3) is 0.211. The molecule has 0 heterocycles. The van der Waals surface area contributed by atoms with E-state index >= 15 is 0 Å². The molecule has 0 atom stereocenters. The number of alkyl halides is 3. The van der Waals surface area contributed by atoms with Gasteiger partial charge in [0, 0.05) is 11.8 Å². The maximum atomic E-state index is 12.6. The molecular weight excluding hydrogens is 331 g/mol. The number of rotatable bonds is 6. The Hall–Kier alpha value is -2.76. The quantitative estimate of drug-likeness (QED) is 0.733. The van der Waals surface area contributed by atoms with Crippen molar-refractivity contribution in [1.82, 2.24) is 0 Å². The summed E-state index contributed by atoms with van der Waals surface area (Å²) in [5.74, 6) is 0.234. The molecule has 3 nitrogen and oxygen atoms in total. The van der Waals surface area contributed by atoms with Gasteiger partial charge in [-0.3, -0.25) is 4.79 Å². The number of hydrogen-bond donors (Lipinski definition) is 1. The van der Waals surface area contributed by atoms with Gasteiger partial charge in [-0.2, -0.15) is 13.2 Å². The van der Waals surface area contributed by atoms with Crippen LogP contribution in [0.2, 0.25) is 0 Å². The van der Waals surface area contributed by atoms with E-state index in [1.807, 2.05) is 6.92 Å². The van der Waals surface area contributed by atoms with Crippen LogP contribution in [0, 0.1) is 0 Å². The molecule has 132 valence electrons. The van der Waals surface area contributed by atoms with Crippen LogP contribution in [0.3, 0.4) is 0 Å². The van der Waals surface area contributed by atoms with E-state index in [1.165, 1.54) is 18.2 Å². The third kappa shape index (κ3) is 5.99. The second kappa shape index (κ2) is 8.37. The molecular formula is C19H18F3NO2. The number of carbonyl (C=O) groups excluding carboxylic acids is 1. The van der Waals surface area contributed by atoms with Crippen LogP contribution in [0.1, 0.15) is 24.5 Å². The number of amides is 1. The van der Waals surface area contributed by atoms with Crippen LogP contribution in [0.5, 0.6) is 5.75 Å². The fourth-order valence-electron chi connectivity index (χ4n) is 2.02. The summed E-state index contributed by atoms with van der Waals surface area (Å²) in [6.07, 6.45) is -0.690. The molecule has 0 aliphatic heterocycles. The number of ether oxygens (including phenoxy) is 1. The minimum atomic E-state index is -4.45. The van der Waals surface area contributed by atoms with Crippen molar-refractivity contribution in [3.63, 3.8) is 0 Å². The largest absolute Gasteiger partial charge is 0.494 e. The van der Waals surface area contributed by atoms with Crippen molar-refractivity contribution in [2.24, 2.45) is 0 Å². The molecule has 1 N–H and O–H groups in total. The number of benzene rings is 2. The predicted molar refractivity (Wildman–Crippen MR) is 91.3 cm³/mol. The van der Waals surface area contributed by atoms with Crippen LogP contribution in [0.4, 0.5) is 18.9 Å². The van der Waals surface area contributed by atoms with E-state index in [1.54, 1.807) is 30.3 Å². The first kappa shape index (κ1) is 18.6. The summed E-state index contributed by atoms with van der Waals surface area (Å²) < 4.78 is 43.4. The van der Waals surface area contributed by atoms with Gasteiger partial charge in [-0.25, -0.2) is 0 Å². The van der Waals surface area contributed by atoms with Gasteiger partial charge >= 0.3 is 6.18 Å². The second-order valence-electron chi connectivity index (χ2n) is 5.32. The lowest BCUT2D eigenvalue weighted by atomic mass is 10.2. The summed E-state index contributed by atoms with van der Waals surface area (Å²) in [7, 11) is 0. The Morgan fingerprint density at radius 2 is 1.88 bits per heavy atom. The molecule has 2 aromatic carbocycles. The SMILES string of the molecule is CCCOc1ccc(C=CC(=O)Nc2cccc(C(F)(F)F)c2)cc1. The van der Waals surface area contributed by atoms with E-state index in [-0.39, 0.29) is 5.69 Å². The first-order chi connectivity index (χ1) is 11.9. The highest BCUT2D eigenvalue weighted by Gasteiger charge is 2.30. The highest BCUT2D eigenvalue weighted by atomic mass is 19.4. The van der Waals surface area contributed by atoms with E-state index < -0.39 is 17.6 Å². The molecule has 0 saturated carbocycles. The van der Waals surface area contributed by atoms with E-state index in [9.17, 15) is 18.0 Å². The average molecular weight is 349 g/mol. The summed E-state index contributed by atoms with van der Waals surface area (Å²) in [4.78, 5) is 11.9. The lowest BCUT2D eigenvalue weighted by Gasteiger charge is -2.08. The van der Waals surface area contributed by atoms with E-state index in [2.05, 4.69) is 5.32 Å². The maximum Gasteiger partial charge on any atom is 0.416 e.